The van der Waals surface area contributed by atoms with Crippen molar-refractivity contribution in [3.63, 3.8) is 0 Å². The van der Waals surface area contributed by atoms with E-state index in [1.165, 1.54) is 18.1 Å². The lowest BCUT2D eigenvalue weighted by Crippen LogP contribution is -2.23. The highest BCUT2D eigenvalue weighted by Gasteiger charge is 2.17. The number of furan rings is 1. The number of amides is 1. The molecule has 1 amide bonds. The van der Waals surface area contributed by atoms with Gasteiger partial charge in [-0.1, -0.05) is 23.7 Å². The number of hydrogen-bond acceptors (Lipinski definition) is 4. The third kappa shape index (κ3) is 4.73. The number of carbonyl (C=O) groups excluding carboxylic acids is 2. The number of likely N-dealkylation sites (N-methyl/N-ethyl adjacent to an activating group) is 1. The van der Waals surface area contributed by atoms with E-state index in [1.54, 1.807) is 32.2 Å². The molecule has 6 heteroatoms. The van der Waals surface area contributed by atoms with E-state index >= 15 is 0 Å². The zero-order valence-electron chi connectivity index (χ0n) is 14.6. The zero-order valence-corrected chi connectivity index (χ0v) is 15.4. The lowest BCUT2D eigenvalue weighted by atomic mass is 10.1. The molecule has 5 nitrogen and oxygen atoms in total. The fourth-order valence-corrected chi connectivity index (χ4v) is 2.44. The highest BCUT2D eigenvalue weighted by atomic mass is 35.5. The Morgan fingerprint density at radius 3 is 2.64 bits per heavy atom. The summed E-state index contributed by atoms with van der Waals surface area (Å²) in [5.74, 6) is 0.330. The van der Waals surface area contributed by atoms with Crippen molar-refractivity contribution in [1.29, 1.82) is 0 Å². The number of methoxy groups -OCH3 is 1. The molecule has 0 saturated carbocycles. The molecule has 0 saturated heterocycles. The van der Waals surface area contributed by atoms with Crippen molar-refractivity contribution >= 4 is 29.6 Å². The van der Waals surface area contributed by atoms with Crippen molar-refractivity contribution in [3.05, 3.63) is 63.6 Å². The Kier molecular flexibility index (Phi) is 6.04. The van der Waals surface area contributed by atoms with Gasteiger partial charge in [-0.3, -0.25) is 4.79 Å². The highest BCUT2D eigenvalue weighted by Crippen LogP contribution is 2.19. The van der Waals surface area contributed by atoms with Crippen LogP contribution in [0, 0.1) is 13.8 Å². The van der Waals surface area contributed by atoms with Gasteiger partial charge in [-0.2, -0.15) is 0 Å². The van der Waals surface area contributed by atoms with Crippen LogP contribution in [0.25, 0.3) is 6.08 Å². The maximum Gasteiger partial charge on any atom is 0.341 e. The van der Waals surface area contributed by atoms with Crippen LogP contribution in [0.1, 0.15) is 33.0 Å². The molecule has 0 atom stereocenters. The Bertz CT molecular complexity index is 823. The quantitative estimate of drug-likeness (QED) is 0.596. The van der Waals surface area contributed by atoms with Crippen LogP contribution in [0.15, 0.2) is 34.8 Å². The SMILES string of the molecule is COC(=O)c1cc(CN(C)C(=O)/C=C/c2ccc(C)c(Cl)c2)oc1C. The molecule has 0 fully saturated rings. The van der Waals surface area contributed by atoms with Gasteiger partial charge in [0.05, 0.1) is 13.7 Å². The van der Waals surface area contributed by atoms with Crippen molar-refractivity contribution in [3.8, 4) is 0 Å². The van der Waals surface area contributed by atoms with E-state index in [0.29, 0.717) is 22.1 Å². The van der Waals surface area contributed by atoms with E-state index < -0.39 is 5.97 Å². The molecular formula is C19H20ClNO4. The number of carbonyl (C=O) groups is 2. The minimum Gasteiger partial charge on any atom is -0.465 e. The van der Waals surface area contributed by atoms with Crippen molar-refractivity contribution in [2.45, 2.75) is 20.4 Å². The predicted molar refractivity (Wildman–Crippen MR) is 96.5 cm³/mol. The molecule has 1 aromatic carbocycles. The largest absolute Gasteiger partial charge is 0.465 e. The molecule has 1 heterocycles. The Labute approximate surface area is 151 Å². The van der Waals surface area contributed by atoms with E-state index in [9.17, 15) is 9.59 Å². The molecule has 0 N–H and O–H groups in total. The molecule has 0 spiro atoms. The number of ether oxygens (including phenoxy) is 1. The summed E-state index contributed by atoms with van der Waals surface area (Å²) in [7, 11) is 2.97. The predicted octanol–water partition coefficient (Wildman–Crippen LogP) is 4.01. The Morgan fingerprint density at radius 1 is 1.28 bits per heavy atom. The topological polar surface area (TPSA) is 59.8 Å². The van der Waals surface area contributed by atoms with E-state index in [1.807, 2.05) is 19.1 Å². The standard InChI is InChI=1S/C19H20ClNO4/c1-12-5-6-14(9-17(12)20)7-8-18(22)21(3)11-15-10-16(13(2)25-15)19(23)24-4/h5-10H,11H2,1-4H3/b8-7+. The molecule has 0 aliphatic rings. The first-order valence-electron chi connectivity index (χ1n) is 7.68. The van der Waals surface area contributed by atoms with Crippen LogP contribution in [0.5, 0.6) is 0 Å². The highest BCUT2D eigenvalue weighted by molar-refractivity contribution is 6.31. The summed E-state index contributed by atoms with van der Waals surface area (Å²) in [5.41, 5.74) is 2.19. The first kappa shape index (κ1) is 18.8. The molecule has 132 valence electrons. The number of aryl methyl sites for hydroxylation is 2. The third-order valence-electron chi connectivity index (χ3n) is 3.76. The van der Waals surface area contributed by atoms with Crippen LogP contribution in [0.4, 0.5) is 0 Å². The van der Waals surface area contributed by atoms with E-state index in [4.69, 9.17) is 16.0 Å². The molecule has 2 rings (SSSR count). The second-order valence-corrected chi connectivity index (χ2v) is 6.12. The number of rotatable bonds is 5. The number of hydrogen-bond donors (Lipinski definition) is 0. The fraction of sp³-hybridized carbons (Fsp3) is 0.263. The van der Waals surface area contributed by atoms with Gasteiger partial charge in [0.2, 0.25) is 5.91 Å². The first-order chi connectivity index (χ1) is 11.8. The van der Waals surface area contributed by atoms with Crippen LogP contribution < -0.4 is 0 Å². The summed E-state index contributed by atoms with van der Waals surface area (Å²) in [6, 6.07) is 7.19. The first-order valence-corrected chi connectivity index (χ1v) is 8.06. The van der Waals surface area contributed by atoms with Gasteiger partial charge in [0.1, 0.15) is 17.1 Å². The van der Waals surface area contributed by atoms with Gasteiger partial charge in [-0.15, -0.1) is 0 Å². The van der Waals surface area contributed by atoms with Crippen LogP contribution in [0.3, 0.4) is 0 Å². The molecule has 0 unspecified atom stereocenters. The average molecular weight is 362 g/mol. The van der Waals surface area contributed by atoms with Gasteiger partial charge >= 0.3 is 5.97 Å². The lowest BCUT2D eigenvalue weighted by molar-refractivity contribution is -0.125. The van der Waals surface area contributed by atoms with Gasteiger partial charge < -0.3 is 14.1 Å². The maximum atomic E-state index is 12.2. The molecule has 25 heavy (non-hydrogen) atoms. The summed E-state index contributed by atoms with van der Waals surface area (Å²) in [5, 5.41) is 0.657. The van der Waals surface area contributed by atoms with Crippen LogP contribution in [-0.4, -0.2) is 30.9 Å². The summed E-state index contributed by atoms with van der Waals surface area (Å²) >= 11 is 6.07. The van der Waals surface area contributed by atoms with Gasteiger partial charge in [0, 0.05) is 18.1 Å². The normalized spacial score (nSPS) is 10.9. The summed E-state index contributed by atoms with van der Waals surface area (Å²) in [4.78, 5) is 25.3. The molecular weight excluding hydrogens is 342 g/mol. The zero-order chi connectivity index (χ0) is 18.6. The van der Waals surface area contributed by atoms with Crippen LogP contribution in [0.2, 0.25) is 5.02 Å². The Balaban J connectivity index is 2.04. The molecule has 0 aliphatic carbocycles. The molecule has 0 aliphatic heterocycles. The minimum absolute atomic E-state index is 0.189. The molecule has 0 bridgehead atoms. The van der Waals surface area contributed by atoms with Crippen molar-refractivity contribution in [2.75, 3.05) is 14.2 Å². The second kappa shape index (κ2) is 8.03. The van der Waals surface area contributed by atoms with Crippen molar-refractivity contribution in [2.24, 2.45) is 0 Å². The summed E-state index contributed by atoms with van der Waals surface area (Å²) < 4.78 is 10.2. The lowest BCUT2D eigenvalue weighted by Gasteiger charge is -2.13. The average Bonchev–Trinajstić information content (AvgIpc) is 2.95. The van der Waals surface area contributed by atoms with Gasteiger partial charge in [0.25, 0.3) is 0 Å². The Hall–Kier alpha value is -2.53. The molecule has 2 aromatic rings. The Morgan fingerprint density at radius 2 is 2.00 bits per heavy atom. The molecule has 0 radical (unpaired) electrons. The number of benzene rings is 1. The van der Waals surface area contributed by atoms with Gasteiger partial charge in [0.15, 0.2) is 0 Å². The number of halogens is 1. The number of esters is 1. The van der Waals surface area contributed by atoms with Crippen LogP contribution in [-0.2, 0) is 16.1 Å². The second-order valence-electron chi connectivity index (χ2n) is 5.71. The fourth-order valence-electron chi connectivity index (χ4n) is 2.25. The van der Waals surface area contributed by atoms with Gasteiger partial charge in [-0.25, -0.2) is 4.79 Å². The smallest absolute Gasteiger partial charge is 0.341 e. The van der Waals surface area contributed by atoms with Gasteiger partial charge in [-0.05, 0) is 43.2 Å². The maximum absolute atomic E-state index is 12.2. The summed E-state index contributed by atoms with van der Waals surface area (Å²) in [6.45, 7) is 3.84. The minimum atomic E-state index is -0.461. The van der Waals surface area contributed by atoms with E-state index in [0.717, 1.165) is 11.1 Å². The van der Waals surface area contributed by atoms with E-state index in [2.05, 4.69) is 4.74 Å². The van der Waals surface area contributed by atoms with Crippen molar-refractivity contribution in [1.82, 2.24) is 4.90 Å². The third-order valence-corrected chi connectivity index (χ3v) is 4.16. The monoisotopic (exact) mass is 361 g/mol. The summed E-state index contributed by atoms with van der Waals surface area (Å²) in [6.07, 6.45) is 3.18. The van der Waals surface area contributed by atoms with Crippen molar-refractivity contribution < 1.29 is 18.7 Å². The number of nitrogens with zero attached hydrogens (tertiary/aromatic N) is 1. The van der Waals surface area contributed by atoms with Crippen LogP contribution >= 0.6 is 11.6 Å². The van der Waals surface area contributed by atoms with E-state index in [-0.39, 0.29) is 12.5 Å². The molecule has 1 aromatic heterocycles.